The predicted molar refractivity (Wildman–Crippen MR) is 245 cm³/mol. The summed E-state index contributed by atoms with van der Waals surface area (Å²) in [5.74, 6) is 0. The maximum atomic E-state index is 2.46. The Balaban J connectivity index is 1.02. The van der Waals surface area contributed by atoms with Gasteiger partial charge in [0.25, 0.3) is 0 Å². The van der Waals surface area contributed by atoms with Crippen LogP contribution in [0.4, 0.5) is 0 Å². The Labute approximate surface area is 332 Å². The molecule has 0 amide bonds. The number of fused-ring (bicyclic) bond motifs is 13. The van der Waals surface area contributed by atoms with Crippen LogP contribution in [0.5, 0.6) is 0 Å². The van der Waals surface area contributed by atoms with E-state index in [2.05, 4.69) is 208 Å². The summed E-state index contributed by atoms with van der Waals surface area (Å²) in [7, 11) is 0. The van der Waals surface area contributed by atoms with E-state index < -0.39 is 0 Å². The molecular formula is C57H38. The fraction of sp³-hybridized carbons (Fsp3) is 0.0526. The molecule has 0 N–H and O–H groups in total. The monoisotopic (exact) mass is 722 g/mol. The predicted octanol–water partition coefficient (Wildman–Crippen LogP) is 15.9. The lowest BCUT2D eigenvalue weighted by atomic mass is 9.81. The van der Waals surface area contributed by atoms with Gasteiger partial charge in [0.05, 0.1) is 0 Å². The van der Waals surface area contributed by atoms with E-state index in [1.165, 1.54) is 120 Å². The van der Waals surface area contributed by atoms with Crippen molar-refractivity contribution in [3.05, 3.63) is 205 Å². The van der Waals surface area contributed by atoms with E-state index in [-0.39, 0.29) is 5.41 Å². The molecule has 0 bridgehead atoms. The fourth-order valence-corrected chi connectivity index (χ4v) is 10.3. The number of hydrogen-bond acceptors (Lipinski definition) is 0. The highest BCUT2D eigenvalue weighted by Crippen LogP contribution is 2.50. The van der Waals surface area contributed by atoms with Gasteiger partial charge in [-0.05, 0) is 145 Å². The van der Waals surface area contributed by atoms with Crippen molar-refractivity contribution in [2.45, 2.75) is 19.3 Å². The summed E-state index contributed by atoms with van der Waals surface area (Å²) in [6.45, 7) is 4.71. The topological polar surface area (TPSA) is 0 Å². The van der Waals surface area contributed by atoms with Gasteiger partial charge < -0.3 is 0 Å². The molecule has 0 heterocycles. The van der Waals surface area contributed by atoms with Crippen molar-refractivity contribution in [1.29, 1.82) is 0 Å². The van der Waals surface area contributed by atoms with Crippen LogP contribution in [0.25, 0.3) is 109 Å². The van der Waals surface area contributed by atoms with E-state index in [1.807, 2.05) is 0 Å². The van der Waals surface area contributed by atoms with Gasteiger partial charge in [0.2, 0.25) is 0 Å². The first-order valence-electron chi connectivity index (χ1n) is 20.1. The van der Waals surface area contributed by atoms with E-state index in [0.29, 0.717) is 0 Å². The molecule has 0 fully saturated rings. The zero-order chi connectivity index (χ0) is 37.8. The third-order valence-corrected chi connectivity index (χ3v) is 13.0. The second-order valence-electron chi connectivity index (χ2n) is 16.4. The third-order valence-electron chi connectivity index (χ3n) is 13.0. The van der Waals surface area contributed by atoms with Crippen molar-refractivity contribution in [2.24, 2.45) is 0 Å². The Bertz CT molecular complexity index is 3490. The molecule has 0 radical (unpaired) electrons. The highest BCUT2D eigenvalue weighted by molar-refractivity contribution is 6.33. The zero-order valence-corrected chi connectivity index (χ0v) is 32.0. The summed E-state index contributed by atoms with van der Waals surface area (Å²) >= 11 is 0. The smallest absolute Gasteiger partial charge is 0.0159 e. The molecule has 57 heavy (non-hydrogen) atoms. The SMILES string of the molecule is CC1(C)c2ccccc2-c2ccc(-c3ccc4ccc(-c5ccc(-c6cc7c8ccccc8c8ccccc8c7c7ccccc67)c6ccccc56)cc4c3)cc21. The molecule has 0 aliphatic heterocycles. The normalized spacial score (nSPS) is 13.2. The van der Waals surface area contributed by atoms with Gasteiger partial charge in [-0.1, -0.05) is 184 Å². The van der Waals surface area contributed by atoms with Crippen molar-refractivity contribution < 1.29 is 0 Å². The standard InChI is InChI=1S/C57H38/c1-57(2)54-22-12-11-19-48(54)49-28-27-37(33-55(49)57)36-25-23-35-24-26-38(32-39(35)31-36)40-29-30-47(42-14-4-3-13-41(40)42)52-34-53-45-17-6-5-15-43(45)44-16-7-9-20-50(44)56(53)51-21-10-8-18-46(51)52/h3-34H,1-2H3. The maximum Gasteiger partial charge on any atom is 0.0159 e. The Hall–Kier alpha value is -7.02. The molecule has 0 aromatic heterocycles. The van der Waals surface area contributed by atoms with Gasteiger partial charge in [0, 0.05) is 5.41 Å². The van der Waals surface area contributed by atoms with Crippen LogP contribution in [-0.2, 0) is 5.41 Å². The van der Waals surface area contributed by atoms with Crippen LogP contribution in [0, 0.1) is 0 Å². The summed E-state index contributed by atoms with van der Waals surface area (Å²) in [5, 5.41) is 15.4. The molecule has 266 valence electrons. The largest absolute Gasteiger partial charge is 0.0619 e. The van der Waals surface area contributed by atoms with Gasteiger partial charge in [-0.2, -0.15) is 0 Å². The molecule has 0 heteroatoms. The average Bonchev–Trinajstić information content (AvgIpc) is 3.50. The molecular weight excluding hydrogens is 685 g/mol. The van der Waals surface area contributed by atoms with Crippen LogP contribution in [0.1, 0.15) is 25.0 Å². The van der Waals surface area contributed by atoms with E-state index in [9.17, 15) is 0 Å². The molecule has 0 spiro atoms. The summed E-state index contributed by atoms with van der Waals surface area (Å²) < 4.78 is 0. The van der Waals surface area contributed by atoms with Gasteiger partial charge in [-0.3, -0.25) is 0 Å². The highest BCUT2D eigenvalue weighted by Gasteiger charge is 2.35. The molecule has 0 atom stereocenters. The first-order chi connectivity index (χ1) is 28.0. The fourth-order valence-electron chi connectivity index (χ4n) is 10.3. The first-order valence-corrected chi connectivity index (χ1v) is 20.1. The van der Waals surface area contributed by atoms with Gasteiger partial charge in [0.15, 0.2) is 0 Å². The van der Waals surface area contributed by atoms with Crippen LogP contribution in [0.2, 0.25) is 0 Å². The Kier molecular flexibility index (Phi) is 6.78. The van der Waals surface area contributed by atoms with Gasteiger partial charge in [0.1, 0.15) is 0 Å². The van der Waals surface area contributed by atoms with Crippen molar-refractivity contribution in [3.8, 4) is 44.5 Å². The second kappa shape index (κ2) is 12.0. The summed E-state index contributed by atoms with van der Waals surface area (Å²) in [6, 6.07) is 72.7. The van der Waals surface area contributed by atoms with Crippen LogP contribution in [-0.4, -0.2) is 0 Å². The van der Waals surface area contributed by atoms with Crippen LogP contribution in [0.3, 0.4) is 0 Å². The minimum Gasteiger partial charge on any atom is -0.0619 e. The van der Waals surface area contributed by atoms with Crippen LogP contribution >= 0.6 is 0 Å². The minimum absolute atomic E-state index is 0.0273. The molecule has 0 nitrogen and oxygen atoms in total. The second-order valence-corrected chi connectivity index (χ2v) is 16.4. The Morgan fingerprint density at radius 3 is 1.46 bits per heavy atom. The quantitative estimate of drug-likeness (QED) is 0.159. The highest BCUT2D eigenvalue weighted by atomic mass is 14.4. The number of rotatable bonds is 3. The van der Waals surface area contributed by atoms with Crippen molar-refractivity contribution in [3.63, 3.8) is 0 Å². The number of benzene rings is 11. The zero-order valence-electron chi connectivity index (χ0n) is 32.0. The summed E-state index contributed by atoms with van der Waals surface area (Å²) in [4.78, 5) is 0. The number of hydrogen-bond donors (Lipinski definition) is 0. The van der Waals surface area contributed by atoms with Crippen molar-refractivity contribution >= 4 is 64.6 Å². The molecule has 11 aromatic carbocycles. The first kappa shape index (κ1) is 32.2. The van der Waals surface area contributed by atoms with Crippen molar-refractivity contribution in [2.75, 3.05) is 0 Å². The van der Waals surface area contributed by atoms with Gasteiger partial charge >= 0.3 is 0 Å². The maximum absolute atomic E-state index is 2.46. The molecule has 0 unspecified atom stereocenters. The minimum atomic E-state index is -0.0273. The molecule has 11 aromatic rings. The lowest BCUT2D eigenvalue weighted by Gasteiger charge is -2.22. The molecule has 12 rings (SSSR count). The van der Waals surface area contributed by atoms with Gasteiger partial charge in [-0.25, -0.2) is 0 Å². The summed E-state index contributed by atoms with van der Waals surface area (Å²) in [6.07, 6.45) is 0. The molecule has 0 saturated carbocycles. The van der Waals surface area contributed by atoms with Crippen LogP contribution in [0.15, 0.2) is 194 Å². The lowest BCUT2D eigenvalue weighted by Crippen LogP contribution is -2.14. The van der Waals surface area contributed by atoms with Gasteiger partial charge in [-0.15, -0.1) is 0 Å². The molecule has 1 aliphatic carbocycles. The average molecular weight is 723 g/mol. The Morgan fingerprint density at radius 2 is 0.719 bits per heavy atom. The third kappa shape index (κ3) is 4.68. The van der Waals surface area contributed by atoms with E-state index in [4.69, 9.17) is 0 Å². The van der Waals surface area contributed by atoms with Crippen molar-refractivity contribution in [1.82, 2.24) is 0 Å². The van der Waals surface area contributed by atoms with E-state index >= 15 is 0 Å². The summed E-state index contributed by atoms with van der Waals surface area (Å²) in [5.41, 5.74) is 13.0. The molecule has 1 aliphatic rings. The Morgan fingerprint density at radius 1 is 0.263 bits per heavy atom. The van der Waals surface area contributed by atoms with E-state index in [1.54, 1.807) is 0 Å². The van der Waals surface area contributed by atoms with Crippen LogP contribution < -0.4 is 0 Å². The van der Waals surface area contributed by atoms with E-state index in [0.717, 1.165) is 0 Å². The lowest BCUT2D eigenvalue weighted by molar-refractivity contribution is 0.660. The molecule has 0 saturated heterocycles.